The molecule has 0 bridgehead atoms. The van der Waals surface area contributed by atoms with Crippen molar-refractivity contribution in [3.8, 4) is 11.1 Å². The third-order valence-corrected chi connectivity index (χ3v) is 4.07. The average molecular weight is 367 g/mol. The van der Waals surface area contributed by atoms with Crippen LogP contribution in [0.3, 0.4) is 0 Å². The van der Waals surface area contributed by atoms with Crippen molar-refractivity contribution in [3.63, 3.8) is 0 Å². The predicted octanol–water partition coefficient (Wildman–Crippen LogP) is 5.65. The quantitative estimate of drug-likeness (QED) is 0.469. The molecule has 0 heterocycles. The van der Waals surface area contributed by atoms with E-state index in [-0.39, 0.29) is 11.1 Å². The van der Waals surface area contributed by atoms with Gasteiger partial charge in [-0.2, -0.15) is 0 Å². The normalized spacial score (nSPS) is 12.2. The van der Waals surface area contributed by atoms with Gasteiger partial charge in [0, 0.05) is 5.02 Å². The first kappa shape index (κ1) is 17.5. The third-order valence-electron chi connectivity index (χ3n) is 3.82. The van der Waals surface area contributed by atoms with Crippen molar-refractivity contribution < 1.29 is 22.7 Å². The van der Waals surface area contributed by atoms with Gasteiger partial charge in [-0.05, 0) is 23.3 Å². The van der Waals surface area contributed by atoms with Gasteiger partial charge in [0.15, 0.2) is 23.3 Å². The molecule has 0 aliphatic rings. The lowest BCUT2D eigenvalue weighted by molar-refractivity contribution is 0.205. The Morgan fingerprint density at radius 1 is 0.720 bits per heavy atom. The molecule has 0 fully saturated rings. The van der Waals surface area contributed by atoms with Crippen molar-refractivity contribution in [1.29, 1.82) is 0 Å². The van der Waals surface area contributed by atoms with Gasteiger partial charge in [0.2, 0.25) is 0 Å². The summed E-state index contributed by atoms with van der Waals surface area (Å²) in [5, 5.41) is 10.5. The van der Waals surface area contributed by atoms with Crippen LogP contribution in [0.2, 0.25) is 5.02 Å². The van der Waals surface area contributed by atoms with E-state index in [1.165, 1.54) is 48.5 Å². The summed E-state index contributed by atoms with van der Waals surface area (Å²) in [6, 6.07) is 12.6. The molecule has 1 nitrogen and oxygen atoms in total. The molecule has 3 rings (SSSR count). The molecule has 1 unspecified atom stereocenters. The molecule has 128 valence electrons. The van der Waals surface area contributed by atoms with E-state index >= 15 is 0 Å². The number of rotatable bonds is 3. The number of aliphatic hydroxyl groups is 1. The number of hydrogen-bond donors (Lipinski definition) is 1. The van der Waals surface area contributed by atoms with Crippen LogP contribution in [-0.2, 0) is 0 Å². The summed E-state index contributed by atoms with van der Waals surface area (Å²) in [4.78, 5) is 0. The van der Waals surface area contributed by atoms with E-state index in [4.69, 9.17) is 11.6 Å². The van der Waals surface area contributed by atoms with Gasteiger partial charge < -0.3 is 5.11 Å². The lowest BCUT2D eigenvalue weighted by Gasteiger charge is -2.17. The molecule has 1 N–H and O–H groups in total. The summed E-state index contributed by atoms with van der Waals surface area (Å²) in [6.45, 7) is 0. The van der Waals surface area contributed by atoms with Crippen LogP contribution in [0.4, 0.5) is 17.6 Å². The van der Waals surface area contributed by atoms with Crippen molar-refractivity contribution in [2.45, 2.75) is 6.10 Å². The standard InChI is InChI=1S/C19H11ClF4O/c20-12-8-6-11(7-9-12)19(25)14-17(23)15(21)13(16(22)18(14)24)10-4-2-1-3-5-10/h1-9,19,25H. The Kier molecular flexibility index (Phi) is 4.79. The van der Waals surface area contributed by atoms with Crippen LogP contribution in [-0.4, -0.2) is 5.11 Å². The third kappa shape index (κ3) is 3.13. The monoisotopic (exact) mass is 366 g/mol. The Morgan fingerprint density at radius 3 is 1.76 bits per heavy atom. The highest BCUT2D eigenvalue weighted by Crippen LogP contribution is 2.36. The van der Waals surface area contributed by atoms with E-state index in [1.54, 1.807) is 6.07 Å². The fourth-order valence-electron chi connectivity index (χ4n) is 2.56. The van der Waals surface area contributed by atoms with Crippen LogP contribution in [0, 0.1) is 23.3 Å². The predicted molar refractivity (Wildman–Crippen MR) is 87.2 cm³/mol. The molecule has 25 heavy (non-hydrogen) atoms. The minimum Gasteiger partial charge on any atom is -0.383 e. The molecular formula is C19H11ClF4O. The summed E-state index contributed by atoms with van der Waals surface area (Å²) in [5.74, 6) is -6.40. The highest BCUT2D eigenvalue weighted by Gasteiger charge is 2.30. The number of benzene rings is 3. The SMILES string of the molecule is OC(c1ccc(Cl)cc1)c1c(F)c(F)c(-c2ccccc2)c(F)c1F. The summed E-state index contributed by atoms with van der Waals surface area (Å²) in [6.07, 6.45) is -1.88. The van der Waals surface area contributed by atoms with Crippen molar-refractivity contribution in [3.05, 3.63) is 94.0 Å². The summed E-state index contributed by atoms with van der Waals surface area (Å²) < 4.78 is 57.7. The highest BCUT2D eigenvalue weighted by atomic mass is 35.5. The minimum absolute atomic E-state index is 0.0113. The molecule has 1 atom stereocenters. The molecule has 0 aliphatic heterocycles. The molecule has 0 amide bonds. The van der Waals surface area contributed by atoms with Gasteiger partial charge in [-0.3, -0.25) is 0 Å². The average Bonchev–Trinajstić information content (AvgIpc) is 2.62. The van der Waals surface area contributed by atoms with Gasteiger partial charge in [0.25, 0.3) is 0 Å². The lowest BCUT2D eigenvalue weighted by Crippen LogP contribution is -2.11. The van der Waals surface area contributed by atoms with E-state index in [0.29, 0.717) is 5.02 Å². The number of hydrogen-bond acceptors (Lipinski definition) is 1. The maximum atomic E-state index is 14.4. The van der Waals surface area contributed by atoms with Gasteiger partial charge >= 0.3 is 0 Å². The van der Waals surface area contributed by atoms with Gasteiger partial charge in [-0.25, -0.2) is 17.6 Å². The largest absolute Gasteiger partial charge is 0.383 e. The Morgan fingerprint density at radius 2 is 1.24 bits per heavy atom. The number of aliphatic hydroxyl groups excluding tert-OH is 1. The van der Waals surface area contributed by atoms with E-state index in [0.717, 1.165) is 0 Å². The topological polar surface area (TPSA) is 20.2 Å². The summed E-state index contributed by atoms with van der Waals surface area (Å²) in [5.41, 5.74) is -1.86. The zero-order valence-electron chi connectivity index (χ0n) is 12.6. The Hall–Kier alpha value is -2.37. The second kappa shape index (κ2) is 6.86. The molecule has 3 aromatic carbocycles. The zero-order valence-corrected chi connectivity index (χ0v) is 13.4. The Balaban J connectivity index is 2.18. The van der Waals surface area contributed by atoms with Crippen molar-refractivity contribution >= 4 is 11.6 Å². The van der Waals surface area contributed by atoms with Crippen LogP contribution in [0.5, 0.6) is 0 Å². The molecular weight excluding hydrogens is 356 g/mol. The van der Waals surface area contributed by atoms with Crippen LogP contribution >= 0.6 is 11.6 Å². The van der Waals surface area contributed by atoms with Crippen molar-refractivity contribution in [2.24, 2.45) is 0 Å². The maximum absolute atomic E-state index is 14.4. The Labute approximate surface area is 146 Å². The molecule has 0 saturated carbocycles. The van der Waals surface area contributed by atoms with Crippen LogP contribution in [0.1, 0.15) is 17.2 Å². The zero-order chi connectivity index (χ0) is 18.1. The number of halogens is 5. The van der Waals surface area contributed by atoms with Gasteiger partial charge in [0.1, 0.15) is 6.10 Å². The fraction of sp³-hybridized carbons (Fsp3) is 0.0526. The van der Waals surface area contributed by atoms with Crippen LogP contribution in [0.15, 0.2) is 54.6 Å². The molecule has 0 saturated heterocycles. The second-order valence-electron chi connectivity index (χ2n) is 5.36. The lowest BCUT2D eigenvalue weighted by atomic mass is 9.95. The van der Waals surface area contributed by atoms with Gasteiger partial charge in [-0.1, -0.05) is 54.1 Å². The van der Waals surface area contributed by atoms with Gasteiger partial charge in [-0.15, -0.1) is 0 Å². The smallest absolute Gasteiger partial charge is 0.170 e. The first-order chi connectivity index (χ1) is 11.9. The molecule has 0 radical (unpaired) electrons. The second-order valence-corrected chi connectivity index (χ2v) is 5.80. The van der Waals surface area contributed by atoms with Crippen LogP contribution < -0.4 is 0 Å². The molecule has 0 aliphatic carbocycles. The van der Waals surface area contributed by atoms with Gasteiger partial charge in [0.05, 0.1) is 11.1 Å². The highest BCUT2D eigenvalue weighted by molar-refractivity contribution is 6.30. The first-order valence-corrected chi connectivity index (χ1v) is 7.64. The van der Waals surface area contributed by atoms with Crippen LogP contribution in [0.25, 0.3) is 11.1 Å². The van der Waals surface area contributed by atoms with Crippen molar-refractivity contribution in [1.82, 2.24) is 0 Å². The maximum Gasteiger partial charge on any atom is 0.170 e. The molecule has 0 spiro atoms. The molecule has 6 heteroatoms. The summed E-state index contributed by atoms with van der Waals surface area (Å²) >= 11 is 5.71. The molecule has 0 aromatic heterocycles. The Bertz CT molecular complexity index is 882. The first-order valence-electron chi connectivity index (χ1n) is 7.26. The van der Waals surface area contributed by atoms with E-state index in [1.807, 2.05) is 0 Å². The van der Waals surface area contributed by atoms with Crippen molar-refractivity contribution in [2.75, 3.05) is 0 Å². The fourth-order valence-corrected chi connectivity index (χ4v) is 2.68. The minimum atomic E-state index is -1.88. The van der Waals surface area contributed by atoms with E-state index < -0.39 is 40.5 Å². The van der Waals surface area contributed by atoms with E-state index in [9.17, 15) is 22.7 Å². The summed E-state index contributed by atoms with van der Waals surface area (Å²) in [7, 11) is 0. The van der Waals surface area contributed by atoms with E-state index in [2.05, 4.69) is 0 Å². The molecule has 3 aromatic rings.